The van der Waals surface area contributed by atoms with Gasteiger partial charge in [-0.15, -0.1) is 41.9 Å². The van der Waals surface area contributed by atoms with Gasteiger partial charge in [0.15, 0.2) is 5.96 Å². The van der Waals surface area contributed by atoms with Crippen LogP contribution in [0.4, 0.5) is 0 Å². The van der Waals surface area contributed by atoms with Gasteiger partial charge in [0.05, 0.1) is 6.54 Å². The molecule has 0 aliphatic heterocycles. The molecule has 2 rings (SSSR count). The topological polar surface area (TPSA) is 58.5 Å². The number of hydrogen-bond donors (Lipinski definition) is 2. The zero-order valence-corrected chi connectivity index (χ0v) is 16.9. The summed E-state index contributed by atoms with van der Waals surface area (Å²) in [6.45, 7) is 9.67. The summed E-state index contributed by atoms with van der Waals surface area (Å²) >= 11 is 1.68. The second-order valence-corrected chi connectivity index (χ2v) is 6.82. The number of ether oxygens (including phenoxy) is 1. The van der Waals surface area contributed by atoms with E-state index in [9.17, 15) is 0 Å². The lowest BCUT2D eigenvalue weighted by molar-refractivity contribution is 0.123. The van der Waals surface area contributed by atoms with Gasteiger partial charge in [-0.05, 0) is 32.1 Å². The molecule has 1 aromatic heterocycles. The van der Waals surface area contributed by atoms with Crippen LogP contribution in [0.15, 0.2) is 23.8 Å². The molecule has 23 heavy (non-hydrogen) atoms. The lowest BCUT2D eigenvalue weighted by Gasteiger charge is -2.11. The molecule has 1 aliphatic rings. The fourth-order valence-corrected chi connectivity index (χ4v) is 2.59. The minimum Gasteiger partial charge on any atom is -0.381 e. The Morgan fingerprint density at radius 3 is 3.00 bits per heavy atom. The molecule has 5 nitrogen and oxygen atoms in total. The van der Waals surface area contributed by atoms with Gasteiger partial charge in [-0.25, -0.2) is 9.98 Å². The Bertz CT molecular complexity index is 488. The number of rotatable bonds is 10. The standard InChI is InChI=1S/C16H26N4OS.HI/c1-3-7-17-16(20-11-15-19-10-13(2)22-15)18-8-4-9-21-12-14-5-6-14;/h3,10,14H,1,4-9,11-12H2,2H3,(H2,17,18,20);1H. The van der Waals surface area contributed by atoms with Crippen molar-refractivity contribution in [1.82, 2.24) is 15.6 Å². The van der Waals surface area contributed by atoms with Gasteiger partial charge in [0.25, 0.3) is 0 Å². The van der Waals surface area contributed by atoms with Crippen molar-refractivity contribution in [2.45, 2.75) is 32.7 Å². The van der Waals surface area contributed by atoms with Gasteiger partial charge in [0.2, 0.25) is 0 Å². The predicted molar refractivity (Wildman–Crippen MR) is 108 cm³/mol. The van der Waals surface area contributed by atoms with Gasteiger partial charge in [-0.1, -0.05) is 6.08 Å². The van der Waals surface area contributed by atoms with Crippen LogP contribution in [0.2, 0.25) is 0 Å². The minimum absolute atomic E-state index is 0. The van der Waals surface area contributed by atoms with E-state index in [1.807, 2.05) is 12.3 Å². The first-order valence-electron chi connectivity index (χ1n) is 7.90. The molecule has 0 aromatic carbocycles. The van der Waals surface area contributed by atoms with Crippen LogP contribution < -0.4 is 10.6 Å². The first kappa shape index (κ1) is 20.4. The van der Waals surface area contributed by atoms with E-state index in [0.29, 0.717) is 13.1 Å². The molecule has 0 unspecified atom stereocenters. The van der Waals surface area contributed by atoms with Gasteiger partial charge < -0.3 is 15.4 Å². The van der Waals surface area contributed by atoms with Crippen LogP contribution in [0.5, 0.6) is 0 Å². The summed E-state index contributed by atoms with van der Waals surface area (Å²) in [5.74, 6) is 1.64. The summed E-state index contributed by atoms with van der Waals surface area (Å²) in [7, 11) is 0. The molecule has 1 heterocycles. The van der Waals surface area contributed by atoms with Crippen molar-refractivity contribution >= 4 is 41.3 Å². The number of hydrogen-bond acceptors (Lipinski definition) is 4. The number of guanidine groups is 1. The summed E-state index contributed by atoms with van der Waals surface area (Å²) in [5.41, 5.74) is 0. The number of halogens is 1. The summed E-state index contributed by atoms with van der Waals surface area (Å²) in [5, 5.41) is 7.58. The molecule has 1 fully saturated rings. The maximum atomic E-state index is 5.63. The van der Waals surface area contributed by atoms with Crippen LogP contribution >= 0.6 is 35.3 Å². The highest BCUT2D eigenvalue weighted by molar-refractivity contribution is 14.0. The van der Waals surface area contributed by atoms with E-state index in [1.165, 1.54) is 17.7 Å². The van der Waals surface area contributed by atoms with Gasteiger partial charge in [0, 0.05) is 37.4 Å². The third kappa shape index (κ3) is 9.26. The van der Waals surface area contributed by atoms with Crippen LogP contribution in [-0.4, -0.2) is 37.2 Å². The summed E-state index contributed by atoms with van der Waals surface area (Å²) in [6.07, 6.45) is 7.38. The molecule has 0 amide bonds. The van der Waals surface area contributed by atoms with E-state index in [1.54, 1.807) is 11.3 Å². The summed E-state index contributed by atoms with van der Waals surface area (Å²) in [4.78, 5) is 10.1. The van der Waals surface area contributed by atoms with Crippen LogP contribution in [0.1, 0.15) is 29.1 Å². The van der Waals surface area contributed by atoms with E-state index < -0.39 is 0 Å². The Kier molecular flexibility index (Phi) is 10.5. The van der Waals surface area contributed by atoms with E-state index >= 15 is 0 Å². The van der Waals surface area contributed by atoms with Gasteiger partial charge in [-0.2, -0.15) is 0 Å². The predicted octanol–water partition coefficient (Wildman–Crippen LogP) is 3.11. The summed E-state index contributed by atoms with van der Waals surface area (Å²) < 4.78 is 5.63. The monoisotopic (exact) mass is 450 g/mol. The van der Waals surface area contributed by atoms with E-state index in [4.69, 9.17) is 4.74 Å². The van der Waals surface area contributed by atoms with Crippen LogP contribution in [0.3, 0.4) is 0 Å². The highest BCUT2D eigenvalue weighted by atomic mass is 127. The minimum atomic E-state index is 0. The molecule has 130 valence electrons. The molecule has 0 bridgehead atoms. The smallest absolute Gasteiger partial charge is 0.191 e. The lowest BCUT2D eigenvalue weighted by atomic mass is 10.4. The maximum absolute atomic E-state index is 5.63. The van der Waals surface area contributed by atoms with Gasteiger partial charge in [-0.3, -0.25) is 0 Å². The zero-order valence-electron chi connectivity index (χ0n) is 13.7. The van der Waals surface area contributed by atoms with Gasteiger partial charge >= 0.3 is 0 Å². The molecular weight excluding hydrogens is 423 g/mol. The number of aromatic nitrogens is 1. The van der Waals surface area contributed by atoms with Crippen molar-refractivity contribution < 1.29 is 4.74 Å². The molecular formula is C16H27IN4OS. The van der Waals surface area contributed by atoms with Crippen LogP contribution in [-0.2, 0) is 11.3 Å². The Balaban J connectivity index is 0.00000264. The molecule has 1 saturated carbocycles. The Morgan fingerprint density at radius 1 is 1.52 bits per heavy atom. The molecule has 1 aliphatic carbocycles. The average Bonchev–Trinajstić information content (AvgIpc) is 3.25. The maximum Gasteiger partial charge on any atom is 0.191 e. The zero-order chi connectivity index (χ0) is 15.6. The number of nitrogens with one attached hydrogen (secondary N) is 2. The van der Waals surface area contributed by atoms with Crippen LogP contribution in [0, 0.1) is 12.8 Å². The van der Waals surface area contributed by atoms with Gasteiger partial charge in [0.1, 0.15) is 5.01 Å². The van der Waals surface area contributed by atoms with Crippen molar-refractivity contribution in [3.05, 3.63) is 28.7 Å². The fraction of sp³-hybridized carbons (Fsp3) is 0.625. The highest BCUT2D eigenvalue weighted by Gasteiger charge is 2.20. The Morgan fingerprint density at radius 2 is 2.35 bits per heavy atom. The van der Waals surface area contributed by atoms with Crippen molar-refractivity contribution in [3.63, 3.8) is 0 Å². The number of thiazole rings is 1. The molecule has 0 spiro atoms. The molecule has 0 radical (unpaired) electrons. The second kappa shape index (κ2) is 11.8. The van der Waals surface area contributed by atoms with Crippen molar-refractivity contribution in [2.24, 2.45) is 10.9 Å². The number of aryl methyl sites for hydroxylation is 1. The molecule has 2 N–H and O–H groups in total. The van der Waals surface area contributed by atoms with Crippen molar-refractivity contribution in [3.8, 4) is 0 Å². The second-order valence-electron chi connectivity index (χ2n) is 5.50. The molecule has 0 saturated heterocycles. The summed E-state index contributed by atoms with van der Waals surface area (Å²) in [6, 6.07) is 0. The number of nitrogens with zero attached hydrogens (tertiary/aromatic N) is 2. The highest BCUT2D eigenvalue weighted by Crippen LogP contribution is 2.28. The molecule has 0 atom stereocenters. The third-order valence-electron chi connectivity index (χ3n) is 3.26. The first-order chi connectivity index (χ1) is 10.8. The molecule has 7 heteroatoms. The van der Waals surface area contributed by atoms with E-state index in [0.717, 1.165) is 43.1 Å². The normalized spacial score (nSPS) is 14.2. The first-order valence-corrected chi connectivity index (χ1v) is 8.71. The SMILES string of the molecule is C=CCNC(=NCc1ncc(C)s1)NCCCOCC1CC1.I. The Hall–Kier alpha value is -0.670. The lowest BCUT2D eigenvalue weighted by Crippen LogP contribution is -2.38. The largest absolute Gasteiger partial charge is 0.381 e. The molecule has 1 aromatic rings. The van der Waals surface area contributed by atoms with Crippen molar-refractivity contribution in [2.75, 3.05) is 26.3 Å². The Labute approximate surface area is 160 Å². The van der Waals surface area contributed by atoms with Crippen LogP contribution in [0.25, 0.3) is 0 Å². The quantitative estimate of drug-likeness (QED) is 0.189. The third-order valence-corrected chi connectivity index (χ3v) is 4.16. The number of aliphatic imine (C=N–C) groups is 1. The van der Waals surface area contributed by atoms with E-state index in [-0.39, 0.29) is 24.0 Å². The van der Waals surface area contributed by atoms with Crippen molar-refractivity contribution in [1.29, 1.82) is 0 Å². The van der Waals surface area contributed by atoms with E-state index in [2.05, 4.69) is 34.1 Å². The average molecular weight is 450 g/mol. The fourth-order valence-electron chi connectivity index (χ4n) is 1.88.